The highest BCUT2D eigenvalue weighted by atomic mass is 16.7. The first-order valence-electron chi connectivity index (χ1n) is 6.86. The molecule has 0 aliphatic rings. The highest BCUT2D eigenvalue weighted by Gasteiger charge is 2.30. The maximum Gasteiger partial charge on any atom is 0.450 e. The molecule has 0 atom stereocenters. The van der Waals surface area contributed by atoms with Gasteiger partial charge in [0.2, 0.25) is 0 Å². The Labute approximate surface area is 108 Å². The molecule has 0 bridgehead atoms. The predicted molar refractivity (Wildman–Crippen MR) is 69.6 cm³/mol. The van der Waals surface area contributed by atoms with Crippen LogP contribution in [0.5, 0.6) is 0 Å². The molecule has 0 fully saturated rings. The van der Waals surface area contributed by atoms with E-state index in [1.165, 1.54) is 32.1 Å². The second-order valence-corrected chi connectivity index (χ2v) is 4.67. The molecule has 0 radical (unpaired) electrons. The van der Waals surface area contributed by atoms with Gasteiger partial charge in [0.05, 0.1) is 16.3 Å². The van der Waals surface area contributed by atoms with Crippen molar-refractivity contribution in [2.75, 3.05) is 0 Å². The lowest BCUT2D eigenvalue weighted by Gasteiger charge is -2.03. The molecule has 0 unspecified atom stereocenters. The Morgan fingerprint density at radius 2 is 1.17 bits per heavy atom. The zero-order valence-corrected chi connectivity index (χ0v) is 11.2. The van der Waals surface area contributed by atoms with Crippen LogP contribution in [0.1, 0.15) is 71.1 Å². The van der Waals surface area contributed by atoms with Crippen LogP contribution in [0.3, 0.4) is 0 Å². The maximum absolute atomic E-state index is 10.4. The summed E-state index contributed by atoms with van der Waals surface area (Å²) in [7, 11) is 0. The number of hydrogen-bond donors (Lipinski definition) is 0. The van der Waals surface area contributed by atoms with Crippen molar-refractivity contribution in [1.82, 2.24) is 0 Å². The van der Waals surface area contributed by atoms with Crippen molar-refractivity contribution in [3.8, 4) is 0 Å². The molecule has 0 rings (SSSR count). The Kier molecular flexibility index (Phi) is 10.2. The summed E-state index contributed by atoms with van der Waals surface area (Å²) in [5, 5.41) is 20.7. The number of nitro groups is 2. The van der Waals surface area contributed by atoms with Gasteiger partial charge in [-0.2, -0.15) is 0 Å². The third-order valence-electron chi connectivity index (χ3n) is 3.05. The summed E-state index contributed by atoms with van der Waals surface area (Å²) >= 11 is 0. The molecule has 106 valence electrons. The van der Waals surface area contributed by atoms with Gasteiger partial charge >= 0.3 is 6.17 Å². The average Bonchev–Trinajstić information content (AvgIpc) is 2.30. The van der Waals surface area contributed by atoms with Gasteiger partial charge in [0, 0.05) is 0 Å². The van der Waals surface area contributed by atoms with E-state index in [0.717, 1.165) is 19.3 Å². The molecule has 6 nitrogen and oxygen atoms in total. The van der Waals surface area contributed by atoms with Gasteiger partial charge in [-0.3, -0.25) is 20.2 Å². The fourth-order valence-corrected chi connectivity index (χ4v) is 1.93. The van der Waals surface area contributed by atoms with E-state index >= 15 is 0 Å². The monoisotopic (exact) mass is 260 g/mol. The zero-order valence-electron chi connectivity index (χ0n) is 11.2. The lowest BCUT2D eigenvalue weighted by molar-refractivity contribution is -0.743. The molecule has 0 aromatic rings. The first-order chi connectivity index (χ1) is 8.59. The number of hydrogen-bond acceptors (Lipinski definition) is 4. The SMILES string of the molecule is CCCCCCCCCCCC([N+](=O)[O-])[N+](=O)[O-]. The molecule has 0 aliphatic heterocycles. The van der Waals surface area contributed by atoms with Crippen molar-refractivity contribution in [2.24, 2.45) is 0 Å². The van der Waals surface area contributed by atoms with Gasteiger partial charge in [-0.25, -0.2) is 0 Å². The Morgan fingerprint density at radius 3 is 1.56 bits per heavy atom. The van der Waals surface area contributed by atoms with Crippen LogP contribution in [0.2, 0.25) is 0 Å². The fourth-order valence-electron chi connectivity index (χ4n) is 1.93. The minimum Gasteiger partial charge on any atom is -0.259 e. The molecule has 0 aromatic heterocycles. The maximum atomic E-state index is 10.4. The lowest BCUT2D eigenvalue weighted by Crippen LogP contribution is -2.28. The third kappa shape index (κ3) is 8.90. The van der Waals surface area contributed by atoms with E-state index in [1.807, 2.05) is 0 Å². The fraction of sp³-hybridized carbons (Fsp3) is 1.00. The van der Waals surface area contributed by atoms with E-state index < -0.39 is 16.0 Å². The molecule has 0 spiro atoms. The van der Waals surface area contributed by atoms with E-state index in [0.29, 0.717) is 6.42 Å². The summed E-state index contributed by atoms with van der Waals surface area (Å²) in [4.78, 5) is 19.1. The molecule has 0 saturated heterocycles. The van der Waals surface area contributed by atoms with Gasteiger partial charge in [-0.05, 0) is 6.42 Å². The van der Waals surface area contributed by atoms with Crippen molar-refractivity contribution >= 4 is 0 Å². The second-order valence-electron chi connectivity index (χ2n) is 4.67. The van der Waals surface area contributed by atoms with Crippen molar-refractivity contribution < 1.29 is 9.85 Å². The Morgan fingerprint density at radius 1 is 0.778 bits per heavy atom. The topological polar surface area (TPSA) is 86.3 Å². The molecular weight excluding hydrogens is 236 g/mol. The molecular formula is C12H24N2O4. The zero-order chi connectivity index (χ0) is 13.8. The van der Waals surface area contributed by atoms with Crippen molar-refractivity contribution in [3.63, 3.8) is 0 Å². The van der Waals surface area contributed by atoms with Crippen LogP contribution in [0.15, 0.2) is 0 Å². The van der Waals surface area contributed by atoms with Crippen LogP contribution in [0.4, 0.5) is 0 Å². The van der Waals surface area contributed by atoms with Crippen LogP contribution in [-0.2, 0) is 0 Å². The molecule has 0 aliphatic carbocycles. The van der Waals surface area contributed by atoms with Crippen LogP contribution in [0.25, 0.3) is 0 Å². The number of unbranched alkanes of at least 4 members (excludes halogenated alkanes) is 8. The standard InChI is InChI=1S/C12H24N2O4/c1-2-3-4-5-6-7-8-9-10-11-12(13(15)16)14(17)18/h12H,2-11H2,1H3. The van der Waals surface area contributed by atoms with Gasteiger partial charge in [-0.15, -0.1) is 0 Å². The van der Waals surface area contributed by atoms with Crippen LogP contribution < -0.4 is 0 Å². The Balaban J connectivity index is 3.39. The molecule has 0 N–H and O–H groups in total. The summed E-state index contributed by atoms with van der Waals surface area (Å²) in [5.74, 6) is 0. The highest BCUT2D eigenvalue weighted by Crippen LogP contribution is 2.12. The van der Waals surface area contributed by atoms with E-state index in [1.54, 1.807) is 0 Å². The third-order valence-corrected chi connectivity index (χ3v) is 3.05. The van der Waals surface area contributed by atoms with Crippen molar-refractivity contribution in [2.45, 2.75) is 77.3 Å². The highest BCUT2D eigenvalue weighted by molar-refractivity contribution is 4.49. The quantitative estimate of drug-likeness (QED) is 0.231. The molecule has 6 heteroatoms. The van der Waals surface area contributed by atoms with Gasteiger partial charge < -0.3 is 0 Å². The normalized spacial score (nSPS) is 10.8. The van der Waals surface area contributed by atoms with Crippen LogP contribution in [-0.4, -0.2) is 16.0 Å². The lowest BCUT2D eigenvalue weighted by atomic mass is 10.1. The van der Waals surface area contributed by atoms with Crippen molar-refractivity contribution in [1.29, 1.82) is 0 Å². The van der Waals surface area contributed by atoms with E-state index in [-0.39, 0.29) is 6.42 Å². The summed E-state index contributed by atoms with van der Waals surface area (Å²) < 4.78 is 0. The van der Waals surface area contributed by atoms with Crippen LogP contribution in [0, 0.1) is 20.2 Å². The number of nitrogens with zero attached hydrogens (tertiary/aromatic N) is 2. The molecule has 0 heterocycles. The Hall–Kier alpha value is -1.20. The molecule has 0 aromatic carbocycles. The minimum absolute atomic E-state index is 0.0514. The van der Waals surface area contributed by atoms with Crippen molar-refractivity contribution in [3.05, 3.63) is 20.2 Å². The van der Waals surface area contributed by atoms with E-state index in [4.69, 9.17) is 0 Å². The molecule has 0 amide bonds. The molecule has 18 heavy (non-hydrogen) atoms. The predicted octanol–water partition coefficient (Wildman–Crippen LogP) is 3.79. The van der Waals surface area contributed by atoms with E-state index in [2.05, 4.69) is 6.92 Å². The average molecular weight is 260 g/mol. The Bertz CT molecular complexity index is 232. The second kappa shape index (κ2) is 10.9. The first kappa shape index (κ1) is 16.8. The summed E-state index contributed by atoms with van der Waals surface area (Å²) in [6.07, 6.45) is 8.27. The smallest absolute Gasteiger partial charge is 0.259 e. The van der Waals surface area contributed by atoms with Crippen LogP contribution >= 0.6 is 0 Å². The van der Waals surface area contributed by atoms with Gasteiger partial charge in [0.25, 0.3) is 0 Å². The number of rotatable bonds is 12. The summed E-state index contributed by atoms with van der Waals surface area (Å²) in [6, 6.07) is 0. The van der Waals surface area contributed by atoms with E-state index in [9.17, 15) is 20.2 Å². The molecule has 0 saturated carbocycles. The minimum atomic E-state index is -1.62. The first-order valence-corrected chi connectivity index (χ1v) is 6.86. The van der Waals surface area contributed by atoms with Gasteiger partial charge in [-0.1, -0.05) is 58.3 Å². The largest absolute Gasteiger partial charge is 0.450 e. The summed E-state index contributed by atoms with van der Waals surface area (Å²) in [5.41, 5.74) is 0. The summed E-state index contributed by atoms with van der Waals surface area (Å²) in [6.45, 7) is 2.18. The van der Waals surface area contributed by atoms with Gasteiger partial charge in [0.1, 0.15) is 0 Å². The van der Waals surface area contributed by atoms with Gasteiger partial charge in [0.15, 0.2) is 0 Å².